The molecule has 3 rings (SSSR count). The number of hydrogen-bond acceptors (Lipinski definition) is 18. The summed E-state index contributed by atoms with van der Waals surface area (Å²) < 4.78 is 34.5. The molecule has 17 atom stereocenters. The molecular formula is C94H157NO18. The first-order valence-electron chi connectivity index (χ1n) is 44.2. The first kappa shape index (κ1) is 103. The van der Waals surface area contributed by atoms with Crippen LogP contribution in [0.5, 0.6) is 0 Å². The molecule has 0 aromatic rings. The molecule has 1 amide bonds. The minimum absolute atomic E-state index is 0.204. The van der Waals surface area contributed by atoms with Crippen LogP contribution in [0.2, 0.25) is 0 Å². The fourth-order valence-corrected chi connectivity index (χ4v) is 13.8. The Labute approximate surface area is 682 Å². The minimum Gasteiger partial charge on any atom is -0.394 e. The number of nitrogens with one attached hydrogen (secondary N) is 1. The highest BCUT2D eigenvalue weighted by Gasteiger charge is 2.54. The van der Waals surface area contributed by atoms with Crippen LogP contribution in [0.4, 0.5) is 0 Å². The van der Waals surface area contributed by atoms with Crippen molar-refractivity contribution in [2.75, 3.05) is 26.4 Å². The van der Waals surface area contributed by atoms with Crippen molar-refractivity contribution in [3.63, 3.8) is 0 Å². The van der Waals surface area contributed by atoms with E-state index >= 15 is 0 Å². The zero-order chi connectivity index (χ0) is 81.7. The maximum atomic E-state index is 13.5. The Balaban J connectivity index is 1.37. The van der Waals surface area contributed by atoms with Crippen LogP contribution in [0.15, 0.2) is 158 Å². The van der Waals surface area contributed by atoms with Crippen molar-refractivity contribution >= 4 is 5.91 Å². The van der Waals surface area contributed by atoms with Gasteiger partial charge >= 0.3 is 0 Å². The third-order valence-corrected chi connectivity index (χ3v) is 20.8. The summed E-state index contributed by atoms with van der Waals surface area (Å²) in [4.78, 5) is 13.5. The molecule has 3 aliphatic rings. The van der Waals surface area contributed by atoms with Crippen LogP contribution in [-0.4, -0.2) is 193 Å². The van der Waals surface area contributed by atoms with Gasteiger partial charge in [-0.25, -0.2) is 0 Å². The van der Waals surface area contributed by atoms with Crippen molar-refractivity contribution in [2.45, 2.75) is 401 Å². The average molecular weight is 1590 g/mol. The topological polar surface area (TPSA) is 307 Å². The number of unbranched alkanes of at least 4 members (excludes halogenated alkanes) is 29. The fraction of sp³-hybridized carbons (Fsp3) is 0.713. The van der Waals surface area contributed by atoms with Gasteiger partial charge in [-0.1, -0.05) is 326 Å². The number of ether oxygens (including phenoxy) is 6. The zero-order valence-corrected chi connectivity index (χ0v) is 69.5. The Hall–Kier alpha value is -4.59. The lowest BCUT2D eigenvalue weighted by molar-refractivity contribution is -0.379. The second-order valence-electron chi connectivity index (χ2n) is 30.6. The Kier molecular flexibility index (Phi) is 64.9. The van der Waals surface area contributed by atoms with E-state index < -0.39 is 124 Å². The standard InChI is InChI=1S/C94H157NO18/c1-3-5-7-9-11-13-15-17-19-21-23-25-27-29-31-33-35-36-37-38-39-40-42-44-46-48-50-52-54-56-58-60-62-64-66-68-70-72-82(100)95-77(78(99)71-69-67-65-63-61-59-57-55-53-51-49-47-45-43-41-34-32-30-28-26-24-22-20-18-16-14-12-10-8-6-4-2)76-108-92-88(106)85(103)90(80(74-97)110-92)113-94-89(107)86(104)91(81(75-98)111-94)112-93-87(105)84(102)83(101)79(73-96)109-93/h5,7,11,13,17,19,23,25,29,31,35-36,38-39,42,44,48,50,53-56,61,63,69,71,77-81,83-94,96-99,101-107H,3-4,6,8-10,12,14-16,18,20-22,24,26-28,30,32-34,37,40-41,43,45-47,49,51-52,57-60,62,64-68,70,72-76H2,1-2H3,(H,95,100)/b7-5-,13-11-,19-17-,25-23-,31-29-,36-35-,39-38-,44-42-,50-48-,55-53+,56-54-,63-61+,71-69+. The molecule has 17 unspecified atom stereocenters. The van der Waals surface area contributed by atoms with Crippen molar-refractivity contribution in [1.29, 1.82) is 0 Å². The van der Waals surface area contributed by atoms with Crippen LogP contribution in [0, 0.1) is 0 Å². The maximum Gasteiger partial charge on any atom is 0.220 e. The first-order chi connectivity index (χ1) is 55.3. The van der Waals surface area contributed by atoms with Gasteiger partial charge in [-0.3, -0.25) is 4.79 Å². The summed E-state index contributed by atoms with van der Waals surface area (Å²) in [5, 5.41) is 121. The molecule has 0 saturated carbocycles. The summed E-state index contributed by atoms with van der Waals surface area (Å²) in [6.07, 6.45) is 79.5. The molecule has 0 aromatic carbocycles. The maximum absolute atomic E-state index is 13.5. The quantitative estimate of drug-likeness (QED) is 0.0199. The molecule has 3 fully saturated rings. The van der Waals surface area contributed by atoms with Gasteiger partial charge in [-0.15, -0.1) is 0 Å². The minimum atomic E-state index is -1.99. The molecule has 3 aliphatic heterocycles. The third-order valence-electron chi connectivity index (χ3n) is 20.8. The predicted octanol–water partition coefficient (Wildman–Crippen LogP) is 16.7. The number of carbonyl (C=O) groups excluding carboxylic acids is 1. The average Bonchev–Trinajstić information content (AvgIpc) is 0.779. The predicted molar refractivity (Wildman–Crippen MR) is 456 cm³/mol. The summed E-state index contributed by atoms with van der Waals surface area (Å²) in [6.45, 7) is 1.60. The number of hydrogen-bond donors (Lipinski definition) is 12. The Morgan fingerprint density at radius 1 is 0.327 bits per heavy atom. The molecule has 3 saturated heterocycles. The number of amides is 1. The summed E-state index contributed by atoms with van der Waals surface area (Å²) >= 11 is 0. The van der Waals surface area contributed by atoms with Crippen molar-refractivity contribution in [3.8, 4) is 0 Å². The largest absolute Gasteiger partial charge is 0.394 e. The Morgan fingerprint density at radius 3 is 0.991 bits per heavy atom. The lowest BCUT2D eigenvalue weighted by Crippen LogP contribution is -2.66. The van der Waals surface area contributed by atoms with Gasteiger partial charge in [0.25, 0.3) is 0 Å². The SMILES string of the molecule is CC/C=C\C/C=C\C/C=C\C/C=C\C/C=C\C/C=C\C/C=C\C/C=C\C/C=C\C/C=C\CCCCCCCCC(=O)NC(COC1OC(CO)C(OC2OC(CO)C(OC3OC(CO)C(O)C(O)C3O)C(O)C2O)C(O)C1O)C(O)/C=C/CC/C=C/CC/C=C/CCCCCCCCCCCCCCCCCCCCCCC. The molecular weight excluding hydrogens is 1430 g/mol. The van der Waals surface area contributed by atoms with Crippen molar-refractivity contribution in [3.05, 3.63) is 158 Å². The molecule has 19 heteroatoms. The molecule has 646 valence electrons. The highest BCUT2D eigenvalue weighted by Crippen LogP contribution is 2.33. The van der Waals surface area contributed by atoms with E-state index in [0.717, 1.165) is 128 Å². The van der Waals surface area contributed by atoms with Crippen molar-refractivity contribution in [1.82, 2.24) is 5.32 Å². The van der Waals surface area contributed by atoms with Crippen LogP contribution >= 0.6 is 0 Å². The van der Waals surface area contributed by atoms with E-state index in [9.17, 15) is 61.0 Å². The monoisotopic (exact) mass is 1590 g/mol. The van der Waals surface area contributed by atoms with Crippen LogP contribution in [-0.2, 0) is 33.2 Å². The second-order valence-corrected chi connectivity index (χ2v) is 30.6. The Bertz CT molecular complexity index is 2660. The van der Waals surface area contributed by atoms with E-state index in [2.05, 4.69) is 165 Å². The van der Waals surface area contributed by atoms with Crippen LogP contribution in [0.1, 0.15) is 296 Å². The van der Waals surface area contributed by atoms with E-state index in [0.29, 0.717) is 12.8 Å². The number of aliphatic hydroxyl groups excluding tert-OH is 11. The molecule has 113 heavy (non-hydrogen) atoms. The van der Waals surface area contributed by atoms with Gasteiger partial charge in [-0.05, 0) is 122 Å². The molecule has 12 N–H and O–H groups in total. The number of rotatable bonds is 69. The van der Waals surface area contributed by atoms with E-state index in [4.69, 9.17) is 28.4 Å². The Morgan fingerprint density at radius 2 is 0.619 bits per heavy atom. The molecule has 0 spiro atoms. The highest BCUT2D eigenvalue weighted by atomic mass is 16.8. The van der Waals surface area contributed by atoms with Gasteiger partial charge in [0.1, 0.15) is 73.2 Å². The fourth-order valence-electron chi connectivity index (χ4n) is 13.8. The van der Waals surface area contributed by atoms with Crippen LogP contribution in [0.25, 0.3) is 0 Å². The number of allylic oxidation sites excluding steroid dienone is 25. The van der Waals surface area contributed by atoms with Crippen molar-refractivity contribution in [2.24, 2.45) is 0 Å². The normalized spacial score (nSPS) is 25.6. The van der Waals surface area contributed by atoms with Gasteiger partial charge in [0, 0.05) is 6.42 Å². The summed E-state index contributed by atoms with van der Waals surface area (Å²) in [5.74, 6) is -0.309. The molecule has 19 nitrogen and oxygen atoms in total. The lowest BCUT2D eigenvalue weighted by atomic mass is 9.96. The summed E-state index contributed by atoms with van der Waals surface area (Å²) in [7, 11) is 0. The first-order valence-corrected chi connectivity index (χ1v) is 44.2. The summed E-state index contributed by atoms with van der Waals surface area (Å²) in [6, 6.07) is -1.02. The lowest BCUT2D eigenvalue weighted by Gasteiger charge is -2.48. The second kappa shape index (κ2) is 71.5. The van der Waals surface area contributed by atoms with Gasteiger partial charge in [-0.2, -0.15) is 0 Å². The van der Waals surface area contributed by atoms with Crippen LogP contribution < -0.4 is 5.32 Å². The number of aliphatic hydroxyl groups is 11. The van der Waals surface area contributed by atoms with Gasteiger partial charge in [0.05, 0.1) is 38.6 Å². The van der Waals surface area contributed by atoms with Gasteiger partial charge < -0.3 is 89.9 Å². The summed E-state index contributed by atoms with van der Waals surface area (Å²) in [5.41, 5.74) is 0. The van der Waals surface area contributed by atoms with E-state index in [1.807, 2.05) is 6.08 Å². The van der Waals surface area contributed by atoms with Gasteiger partial charge in [0.15, 0.2) is 18.9 Å². The molecule has 3 heterocycles. The van der Waals surface area contributed by atoms with Gasteiger partial charge in [0.2, 0.25) is 5.91 Å². The molecule has 0 bridgehead atoms. The molecule has 0 radical (unpaired) electrons. The smallest absolute Gasteiger partial charge is 0.220 e. The zero-order valence-electron chi connectivity index (χ0n) is 69.5. The third kappa shape index (κ3) is 50.1. The van der Waals surface area contributed by atoms with E-state index in [-0.39, 0.29) is 18.9 Å². The van der Waals surface area contributed by atoms with Crippen LogP contribution in [0.3, 0.4) is 0 Å². The highest BCUT2D eigenvalue weighted by molar-refractivity contribution is 5.76. The molecule has 0 aromatic heterocycles. The van der Waals surface area contributed by atoms with E-state index in [1.165, 1.54) is 135 Å². The van der Waals surface area contributed by atoms with Crippen molar-refractivity contribution < 1.29 is 89.4 Å². The van der Waals surface area contributed by atoms with E-state index in [1.54, 1.807) is 6.08 Å². The molecule has 0 aliphatic carbocycles. The number of carbonyl (C=O) groups is 1.